The van der Waals surface area contributed by atoms with Gasteiger partial charge in [-0.25, -0.2) is 14.9 Å². The van der Waals surface area contributed by atoms with Crippen molar-refractivity contribution in [1.82, 2.24) is 10.0 Å². The van der Waals surface area contributed by atoms with Crippen LogP contribution in [0.4, 0.5) is 11.4 Å². The SMILES string of the molecule is O=C1C2C(c3ccccc3)N3CCCN3C2(c2ccc([N+](=O)[O-])cc2)C(=O)N1c1ccccc1. The van der Waals surface area contributed by atoms with Crippen molar-refractivity contribution in [3.05, 3.63) is 106 Å². The van der Waals surface area contributed by atoms with Gasteiger partial charge in [-0.15, -0.1) is 0 Å². The number of carbonyl (C=O) groups is 2. The van der Waals surface area contributed by atoms with Gasteiger partial charge in [0.05, 0.1) is 22.6 Å². The average molecular weight is 454 g/mol. The molecule has 3 aliphatic heterocycles. The summed E-state index contributed by atoms with van der Waals surface area (Å²) in [6.45, 7) is 1.36. The second-order valence-electron chi connectivity index (χ2n) is 8.86. The van der Waals surface area contributed by atoms with Gasteiger partial charge in [-0.05, 0) is 41.8 Å². The maximum Gasteiger partial charge on any atom is 0.269 e. The van der Waals surface area contributed by atoms with Crippen LogP contribution >= 0.6 is 0 Å². The molecule has 0 N–H and O–H groups in total. The summed E-state index contributed by atoms with van der Waals surface area (Å²) in [5, 5.41) is 15.5. The van der Waals surface area contributed by atoms with Crippen LogP contribution in [-0.4, -0.2) is 39.8 Å². The summed E-state index contributed by atoms with van der Waals surface area (Å²) >= 11 is 0. The Morgan fingerprint density at radius 2 is 1.50 bits per heavy atom. The molecule has 6 rings (SSSR count). The van der Waals surface area contributed by atoms with E-state index >= 15 is 0 Å². The van der Waals surface area contributed by atoms with Gasteiger partial charge in [0.2, 0.25) is 5.91 Å². The van der Waals surface area contributed by atoms with Crippen LogP contribution < -0.4 is 4.90 Å². The van der Waals surface area contributed by atoms with E-state index in [-0.39, 0.29) is 23.5 Å². The first-order valence-electron chi connectivity index (χ1n) is 11.3. The lowest BCUT2D eigenvalue weighted by atomic mass is 9.75. The number of hydrazine groups is 1. The van der Waals surface area contributed by atoms with Gasteiger partial charge < -0.3 is 0 Å². The highest BCUT2D eigenvalue weighted by Crippen LogP contribution is 2.59. The van der Waals surface area contributed by atoms with Gasteiger partial charge in [0.1, 0.15) is 0 Å². The number of hydrogen-bond donors (Lipinski definition) is 0. The minimum Gasteiger partial charge on any atom is -0.274 e. The molecule has 0 aliphatic carbocycles. The summed E-state index contributed by atoms with van der Waals surface area (Å²) in [4.78, 5) is 40.6. The predicted octanol–water partition coefficient (Wildman–Crippen LogP) is 3.66. The van der Waals surface area contributed by atoms with Crippen LogP contribution in [-0.2, 0) is 15.1 Å². The van der Waals surface area contributed by atoms with Crippen LogP contribution in [0.2, 0.25) is 0 Å². The van der Waals surface area contributed by atoms with Crippen molar-refractivity contribution in [1.29, 1.82) is 0 Å². The Morgan fingerprint density at radius 1 is 0.853 bits per heavy atom. The van der Waals surface area contributed by atoms with Crippen molar-refractivity contribution in [3.8, 4) is 0 Å². The standard InChI is InChI=1S/C26H22N4O4/c31-24-22-23(18-8-3-1-4-9-18)27-16-7-17-28(27)26(22,19-12-14-21(15-13-19)30(33)34)25(32)29(24)20-10-5-2-6-11-20/h1-6,8-15,22-23H,7,16-17H2. The van der Waals surface area contributed by atoms with Gasteiger partial charge in [0.25, 0.3) is 11.6 Å². The summed E-state index contributed by atoms with van der Waals surface area (Å²) in [5.41, 5.74) is 0.790. The number of nitrogens with zero attached hydrogens (tertiary/aromatic N) is 4. The topological polar surface area (TPSA) is 87.0 Å². The van der Waals surface area contributed by atoms with E-state index in [1.807, 2.05) is 41.4 Å². The number of anilines is 1. The molecule has 3 heterocycles. The lowest BCUT2D eigenvalue weighted by molar-refractivity contribution is -0.384. The Hall–Kier alpha value is -3.88. The maximum atomic E-state index is 14.4. The molecule has 2 amide bonds. The van der Waals surface area contributed by atoms with Crippen LogP contribution in [0.5, 0.6) is 0 Å². The second kappa shape index (κ2) is 7.58. The van der Waals surface area contributed by atoms with E-state index in [1.165, 1.54) is 17.0 Å². The molecule has 3 unspecified atom stereocenters. The second-order valence-corrected chi connectivity index (χ2v) is 8.86. The third kappa shape index (κ3) is 2.66. The molecule has 170 valence electrons. The molecule has 8 heteroatoms. The third-order valence-electron chi connectivity index (χ3n) is 7.25. The number of carbonyl (C=O) groups excluding carboxylic acids is 2. The number of amides is 2. The molecule has 8 nitrogen and oxygen atoms in total. The fraction of sp³-hybridized carbons (Fsp3) is 0.231. The number of imide groups is 1. The number of nitro groups is 1. The molecular weight excluding hydrogens is 432 g/mol. The van der Waals surface area contributed by atoms with E-state index in [0.29, 0.717) is 17.8 Å². The fourth-order valence-corrected chi connectivity index (χ4v) is 5.95. The first kappa shape index (κ1) is 20.7. The fourth-order valence-electron chi connectivity index (χ4n) is 5.95. The van der Waals surface area contributed by atoms with E-state index in [0.717, 1.165) is 18.5 Å². The number of hydrogen-bond acceptors (Lipinski definition) is 6. The number of rotatable bonds is 4. The normalized spacial score (nSPS) is 26.6. The number of fused-ring (bicyclic) bond motifs is 3. The highest BCUT2D eigenvalue weighted by Gasteiger charge is 2.73. The highest BCUT2D eigenvalue weighted by atomic mass is 16.6. The Labute approximate surface area is 196 Å². The van der Waals surface area contributed by atoms with Crippen LogP contribution in [0.1, 0.15) is 23.6 Å². The molecular formula is C26H22N4O4. The van der Waals surface area contributed by atoms with Crippen molar-refractivity contribution in [2.45, 2.75) is 18.0 Å². The highest BCUT2D eigenvalue weighted by molar-refractivity contribution is 6.26. The molecule has 0 saturated carbocycles. The van der Waals surface area contributed by atoms with Crippen molar-refractivity contribution in [2.24, 2.45) is 5.92 Å². The largest absolute Gasteiger partial charge is 0.274 e. The summed E-state index contributed by atoms with van der Waals surface area (Å²) in [7, 11) is 0. The zero-order valence-electron chi connectivity index (χ0n) is 18.3. The minimum atomic E-state index is -1.26. The van der Waals surface area contributed by atoms with Crippen molar-refractivity contribution in [2.75, 3.05) is 18.0 Å². The molecule has 34 heavy (non-hydrogen) atoms. The zero-order chi connectivity index (χ0) is 23.4. The predicted molar refractivity (Wildman–Crippen MR) is 124 cm³/mol. The lowest BCUT2D eigenvalue weighted by Crippen LogP contribution is -2.52. The van der Waals surface area contributed by atoms with Crippen LogP contribution in [0, 0.1) is 16.0 Å². The Balaban J connectivity index is 1.59. The van der Waals surface area contributed by atoms with Gasteiger partial charge in [-0.3, -0.25) is 19.7 Å². The molecule has 0 aromatic heterocycles. The number of para-hydroxylation sites is 1. The van der Waals surface area contributed by atoms with Gasteiger partial charge in [-0.2, -0.15) is 0 Å². The zero-order valence-corrected chi connectivity index (χ0v) is 18.3. The quantitative estimate of drug-likeness (QED) is 0.340. The van der Waals surface area contributed by atoms with E-state index < -0.39 is 16.4 Å². The van der Waals surface area contributed by atoms with Gasteiger partial charge in [-0.1, -0.05) is 48.5 Å². The van der Waals surface area contributed by atoms with Crippen LogP contribution in [0.25, 0.3) is 0 Å². The summed E-state index contributed by atoms with van der Waals surface area (Å²) < 4.78 is 0. The lowest BCUT2D eigenvalue weighted by Gasteiger charge is -2.36. The molecule has 3 fully saturated rings. The average Bonchev–Trinajstić information content (AvgIpc) is 3.51. The van der Waals surface area contributed by atoms with Crippen LogP contribution in [0.3, 0.4) is 0 Å². The van der Waals surface area contributed by atoms with Crippen molar-refractivity contribution < 1.29 is 14.5 Å². The molecule has 3 aromatic rings. The van der Waals surface area contributed by atoms with Gasteiger partial charge >= 0.3 is 0 Å². The summed E-state index contributed by atoms with van der Waals surface area (Å²) in [5.74, 6) is -1.25. The minimum absolute atomic E-state index is 0.0516. The van der Waals surface area contributed by atoms with E-state index in [4.69, 9.17) is 0 Å². The summed E-state index contributed by atoms with van der Waals surface area (Å²) in [6, 6.07) is 24.6. The van der Waals surface area contributed by atoms with E-state index in [2.05, 4.69) is 5.01 Å². The molecule has 0 bridgehead atoms. The molecule has 3 saturated heterocycles. The van der Waals surface area contributed by atoms with Crippen LogP contribution in [0.15, 0.2) is 84.9 Å². The van der Waals surface area contributed by atoms with Gasteiger partial charge in [0, 0.05) is 25.2 Å². The monoisotopic (exact) mass is 454 g/mol. The van der Waals surface area contributed by atoms with Crippen molar-refractivity contribution >= 4 is 23.2 Å². The third-order valence-corrected chi connectivity index (χ3v) is 7.25. The Kier molecular flexibility index (Phi) is 4.62. The van der Waals surface area contributed by atoms with Gasteiger partial charge in [0.15, 0.2) is 5.54 Å². The first-order valence-corrected chi connectivity index (χ1v) is 11.3. The number of benzene rings is 3. The summed E-state index contributed by atoms with van der Waals surface area (Å²) in [6.07, 6.45) is 0.859. The molecule has 0 spiro atoms. The molecule has 3 aliphatic rings. The Morgan fingerprint density at radius 3 is 2.15 bits per heavy atom. The molecule has 3 atom stereocenters. The van der Waals surface area contributed by atoms with E-state index in [1.54, 1.807) is 36.4 Å². The first-order chi connectivity index (χ1) is 16.5. The maximum absolute atomic E-state index is 14.4. The Bertz CT molecular complexity index is 1280. The van der Waals surface area contributed by atoms with Crippen molar-refractivity contribution in [3.63, 3.8) is 0 Å². The number of non-ortho nitro benzene ring substituents is 1. The molecule has 0 radical (unpaired) electrons. The number of nitro benzene ring substituents is 1. The molecule has 3 aromatic carbocycles. The van der Waals surface area contributed by atoms with E-state index in [9.17, 15) is 19.7 Å². The smallest absolute Gasteiger partial charge is 0.269 e.